The SMILES string of the molecule is CCNC(=NCC(O)c1ccc(Cl)s1)NCCCN1CCCN(C)CC1.I. The van der Waals surface area contributed by atoms with Crippen LogP contribution in [0.3, 0.4) is 0 Å². The summed E-state index contributed by atoms with van der Waals surface area (Å²) in [5, 5.41) is 16.8. The molecule has 27 heavy (non-hydrogen) atoms. The van der Waals surface area contributed by atoms with E-state index in [0.717, 1.165) is 50.0 Å². The first-order chi connectivity index (χ1) is 12.6. The van der Waals surface area contributed by atoms with Crippen molar-refractivity contribution in [3.63, 3.8) is 0 Å². The van der Waals surface area contributed by atoms with Crippen LogP contribution in [0, 0.1) is 0 Å². The molecule has 1 atom stereocenters. The van der Waals surface area contributed by atoms with E-state index in [1.165, 1.54) is 30.8 Å². The van der Waals surface area contributed by atoms with Gasteiger partial charge in [-0.05, 0) is 58.6 Å². The fourth-order valence-corrected chi connectivity index (χ4v) is 3.99. The predicted octanol–water partition coefficient (Wildman–Crippen LogP) is 2.64. The van der Waals surface area contributed by atoms with Gasteiger partial charge in [0.15, 0.2) is 5.96 Å². The summed E-state index contributed by atoms with van der Waals surface area (Å²) in [5.41, 5.74) is 0. The van der Waals surface area contributed by atoms with Gasteiger partial charge in [-0.15, -0.1) is 35.3 Å². The summed E-state index contributed by atoms with van der Waals surface area (Å²) in [6.07, 6.45) is 1.72. The van der Waals surface area contributed by atoms with Crippen molar-refractivity contribution in [3.8, 4) is 0 Å². The highest BCUT2D eigenvalue weighted by atomic mass is 127. The van der Waals surface area contributed by atoms with Crippen LogP contribution in [-0.4, -0.2) is 80.3 Å². The van der Waals surface area contributed by atoms with Crippen LogP contribution in [-0.2, 0) is 0 Å². The minimum absolute atomic E-state index is 0. The summed E-state index contributed by atoms with van der Waals surface area (Å²) in [5.74, 6) is 0.754. The number of rotatable bonds is 8. The highest BCUT2D eigenvalue weighted by Crippen LogP contribution is 2.26. The Morgan fingerprint density at radius 2 is 2.11 bits per heavy atom. The smallest absolute Gasteiger partial charge is 0.191 e. The lowest BCUT2D eigenvalue weighted by molar-refractivity contribution is 0.191. The van der Waals surface area contributed by atoms with Gasteiger partial charge in [-0.2, -0.15) is 0 Å². The minimum atomic E-state index is -0.614. The molecule has 1 aromatic rings. The number of nitrogens with one attached hydrogen (secondary N) is 2. The van der Waals surface area contributed by atoms with Crippen molar-refractivity contribution >= 4 is 52.9 Å². The number of likely N-dealkylation sites (N-methyl/N-ethyl adjacent to an activating group) is 1. The van der Waals surface area contributed by atoms with Crippen LogP contribution in [0.15, 0.2) is 17.1 Å². The highest BCUT2D eigenvalue weighted by molar-refractivity contribution is 14.0. The van der Waals surface area contributed by atoms with Gasteiger partial charge in [-0.1, -0.05) is 11.6 Å². The second-order valence-electron chi connectivity index (χ2n) is 6.66. The first kappa shape index (κ1) is 24.9. The van der Waals surface area contributed by atoms with E-state index in [1.54, 1.807) is 6.07 Å². The maximum atomic E-state index is 10.2. The van der Waals surface area contributed by atoms with Crippen molar-refractivity contribution < 1.29 is 5.11 Å². The van der Waals surface area contributed by atoms with E-state index >= 15 is 0 Å². The summed E-state index contributed by atoms with van der Waals surface area (Å²) in [4.78, 5) is 10.3. The Hall–Kier alpha value is -0.130. The molecular formula is C18H33ClIN5OS. The topological polar surface area (TPSA) is 63.1 Å². The Morgan fingerprint density at radius 3 is 2.81 bits per heavy atom. The Labute approximate surface area is 189 Å². The molecule has 1 fully saturated rings. The van der Waals surface area contributed by atoms with Crippen LogP contribution in [0.5, 0.6) is 0 Å². The second-order valence-corrected chi connectivity index (χ2v) is 8.40. The molecule has 3 N–H and O–H groups in total. The third kappa shape index (κ3) is 9.76. The zero-order valence-electron chi connectivity index (χ0n) is 16.3. The van der Waals surface area contributed by atoms with Gasteiger partial charge in [0.25, 0.3) is 0 Å². The molecule has 6 nitrogen and oxygen atoms in total. The van der Waals surface area contributed by atoms with Gasteiger partial charge in [0.1, 0.15) is 6.10 Å². The Balaban J connectivity index is 0.00000364. The number of hydrogen-bond acceptors (Lipinski definition) is 5. The van der Waals surface area contributed by atoms with Crippen LogP contribution < -0.4 is 10.6 Å². The lowest BCUT2D eigenvalue weighted by Crippen LogP contribution is -2.39. The van der Waals surface area contributed by atoms with Crippen molar-refractivity contribution in [2.75, 3.05) is 59.4 Å². The molecule has 2 heterocycles. The zero-order valence-corrected chi connectivity index (χ0v) is 20.2. The molecule has 156 valence electrons. The van der Waals surface area contributed by atoms with E-state index < -0.39 is 6.10 Å². The first-order valence-corrected chi connectivity index (χ1v) is 10.6. The summed E-state index contributed by atoms with van der Waals surface area (Å²) in [6, 6.07) is 3.66. The predicted molar refractivity (Wildman–Crippen MR) is 127 cm³/mol. The third-order valence-electron chi connectivity index (χ3n) is 4.44. The van der Waals surface area contributed by atoms with E-state index in [1.807, 2.05) is 13.0 Å². The second kappa shape index (κ2) is 13.9. The summed E-state index contributed by atoms with van der Waals surface area (Å²) in [6.45, 7) is 9.84. The number of nitrogens with zero attached hydrogens (tertiary/aromatic N) is 3. The lowest BCUT2D eigenvalue weighted by atomic mass is 10.3. The summed E-state index contributed by atoms with van der Waals surface area (Å²) >= 11 is 7.32. The van der Waals surface area contributed by atoms with Crippen molar-refractivity contribution in [2.24, 2.45) is 4.99 Å². The quantitative estimate of drug-likeness (QED) is 0.209. The molecule has 9 heteroatoms. The van der Waals surface area contributed by atoms with E-state index in [4.69, 9.17) is 11.6 Å². The maximum absolute atomic E-state index is 10.2. The minimum Gasteiger partial charge on any atom is -0.386 e. The van der Waals surface area contributed by atoms with E-state index in [-0.39, 0.29) is 24.0 Å². The summed E-state index contributed by atoms with van der Waals surface area (Å²) < 4.78 is 0.688. The Morgan fingerprint density at radius 1 is 1.30 bits per heavy atom. The number of aliphatic hydroxyl groups is 1. The van der Waals surface area contributed by atoms with Crippen LogP contribution in [0.4, 0.5) is 0 Å². The molecule has 0 saturated carbocycles. The molecule has 2 rings (SSSR count). The van der Waals surface area contributed by atoms with Crippen molar-refractivity contribution in [2.45, 2.75) is 25.9 Å². The first-order valence-electron chi connectivity index (χ1n) is 9.45. The number of halogens is 2. The number of guanidine groups is 1. The fourth-order valence-electron chi connectivity index (χ4n) is 2.95. The standard InChI is InChI=1S/C18H32ClN5OS.HI/c1-3-20-18(22-14-15(25)16-6-7-17(19)26-16)21-8-4-10-24-11-5-9-23(2)12-13-24;/h6-7,15,25H,3-5,8-14H2,1-2H3,(H2,20,21,22);1H. The molecule has 0 amide bonds. The van der Waals surface area contributed by atoms with Crippen LogP contribution in [0.25, 0.3) is 0 Å². The number of aliphatic hydroxyl groups excluding tert-OH is 1. The summed E-state index contributed by atoms with van der Waals surface area (Å²) in [7, 11) is 2.20. The molecular weight excluding hydrogens is 497 g/mol. The van der Waals surface area contributed by atoms with Gasteiger partial charge in [-0.25, -0.2) is 0 Å². The van der Waals surface area contributed by atoms with Crippen LogP contribution in [0.2, 0.25) is 4.34 Å². The molecule has 1 saturated heterocycles. The van der Waals surface area contributed by atoms with E-state index in [9.17, 15) is 5.11 Å². The average Bonchev–Trinajstić information content (AvgIpc) is 2.95. The van der Waals surface area contributed by atoms with E-state index in [2.05, 4.69) is 32.5 Å². The molecule has 0 radical (unpaired) electrons. The number of hydrogen-bond donors (Lipinski definition) is 3. The normalized spacial score (nSPS) is 17.9. The Kier molecular flexibility index (Phi) is 12.9. The maximum Gasteiger partial charge on any atom is 0.191 e. The van der Waals surface area contributed by atoms with E-state index in [0.29, 0.717) is 10.9 Å². The highest BCUT2D eigenvalue weighted by Gasteiger charge is 2.12. The molecule has 0 spiro atoms. The van der Waals surface area contributed by atoms with Gasteiger partial charge in [0.2, 0.25) is 0 Å². The van der Waals surface area contributed by atoms with Gasteiger partial charge in [-0.3, -0.25) is 4.99 Å². The van der Waals surface area contributed by atoms with Gasteiger partial charge in [0.05, 0.1) is 10.9 Å². The molecule has 0 aliphatic carbocycles. The monoisotopic (exact) mass is 529 g/mol. The lowest BCUT2D eigenvalue weighted by Gasteiger charge is -2.20. The van der Waals surface area contributed by atoms with Crippen molar-refractivity contribution in [1.82, 2.24) is 20.4 Å². The molecule has 1 aromatic heterocycles. The molecule has 1 aliphatic rings. The van der Waals surface area contributed by atoms with Crippen molar-refractivity contribution in [3.05, 3.63) is 21.3 Å². The van der Waals surface area contributed by atoms with Gasteiger partial charge < -0.3 is 25.5 Å². The van der Waals surface area contributed by atoms with Gasteiger partial charge >= 0.3 is 0 Å². The fraction of sp³-hybridized carbons (Fsp3) is 0.722. The average molecular weight is 530 g/mol. The van der Waals surface area contributed by atoms with Crippen molar-refractivity contribution in [1.29, 1.82) is 0 Å². The van der Waals surface area contributed by atoms with Gasteiger partial charge in [0, 0.05) is 31.1 Å². The Bertz CT molecular complexity index is 560. The molecule has 0 bridgehead atoms. The third-order valence-corrected chi connectivity index (χ3v) is 5.78. The molecule has 0 aromatic carbocycles. The molecule has 1 unspecified atom stereocenters. The van der Waals surface area contributed by atoms with Crippen LogP contribution in [0.1, 0.15) is 30.7 Å². The molecule has 1 aliphatic heterocycles. The number of aliphatic imine (C=N–C) groups is 1. The number of thiophene rings is 1. The van der Waals surface area contributed by atoms with Crippen LogP contribution >= 0.6 is 46.9 Å². The largest absolute Gasteiger partial charge is 0.386 e. The zero-order chi connectivity index (χ0) is 18.8.